The quantitative estimate of drug-likeness (QED) is 0.800. The average molecular weight is 364 g/mol. The molecule has 0 aliphatic heterocycles. The molecule has 0 fully saturated rings. The molecular formula is C16H14F6N2O. The van der Waals surface area contributed by atoms with Crippen LogP contribution in [0.5, 0.6) is 0 Å². The maximum atomic E-state index is 12.9. The molecule has 0 atom stereocenters. The van der Waals surface area contributed by atoms with Crippen LogP contribution in [0.2, 0.25) is 0 Å². The Labute approximate surface area is 138 Å². The molecule has 1 N–H and O–H groups in total. The van der Waals surface area contributed by atoms with E-state index in [1.165, 1.54) is 6.92 Å². The molecular weight excluding hydrogens is 350 g/mol. The molecule has 0 amide bonds. The highest BCUT2D eigenvalue weighted by molar-refractivity contribution is 5.59. The van der Waals surface area contributed by atoms with Crippen molar-refractivity contribution in [1.82, 2.24) is 9.97 Å². The van der Waals surface area contributed by atoms with Crippen LogP contribution in [0.1, 0.15) is 35.7 Å². The fourth-order valence-corrected chi connectivity index (χ4v) is 2.38. The first kappa shape index (κ1) is 19.0. The molecule has 9 heteroatoms. The van der Waals surface area contributed by atoms with Crippen molar-refractivity contribution < 1.29 is 26.3 Å². The maximum Gasteiger partial charge on any atom is 0.416 e. The third-order valence-corrected chi connectivity index (χ3v) is 3.58. The zero-order chi connectivity index (χ0) is 19.0. The Morgan fingerprint density at radius 1 is 1.00 bits per heavy atom. The topological polar surface area (TPSA) is 45.8 Å². The van der Waals surface area contributed by atoms with E-state index < -0.39 is 34.6 Å². The van der Waals surface area contributed by atoms with E-state index in [9.17, 15) is 31.1 Å². The Balaban J connectivity index is 2.69. The number of nitrogens with zero attached hydrogens (tertiary/aromatic N) is 1. The molecule has 136 valence electrons. The van der Waals surface area contributed by atoms with Crippen molar-refractivity contribution in [3.63, 3.8) is 0 Å². The van der Waals surface area contributed by atoms with Crippen molar-refractivity contribution in [2.75, 3.05) is 0 Å². The summed E-state index contributed by atoms with van der Waals surface area (Å²) in [5, 5.41) is 0. The van der Waals surface area contributed by atoms with Gasteiger partial charge in [-0.2, -0.15) is 26.3 Å². The first-order chi connectivity index (χ1) is 11.4. The summed E-state index contributed by atoms with van der Waals surface area (Å²) in [6.07, 6.45) is -8.88. The third-order valence-electron chi connectivity index (χ3n) is 3.58. The van der Waals surface area contributed by atoms with Gasteiger partial charge in [0.2, 0.25) is 0 Å². The molecule has 0 saturated carbocycles. The smallest absolute Gasteiger partial charge is 0.306 e. The Morgan fingerprint density at radius 3 is 1.92 bits per heavy atom. The highest BCUT2D eigenvalue weighted by atomic mass is 19.4. The summed E-state index contributed by atoms with van der Waals surface area (Å²) in [5.74, 6) is -0.334. The van der Waals surface area contributed by atoms with Crippen molar-refractivity contribution in [3.05, 3.63) is 50.9 Å². The molecule has 0 unspecified atom stereocenters. The zero-order valence-electron chi connectivity index (χ0n) is 13.3. The van der Waals surface area contributed by atoms with E-state index in [1.807, 2.05) is 6.92 Å². The van der Waals surface area contributed by atoms with Gasteiger partial charge < -0.3 is 4.98 Å². The van der Waals surface area contributed by atoms with Crippen LogP contribution < -0.4 is 5.56 Å². The van der Waals surface area contributed by atoms with Gasteiger partial charge >= 0.3 is 12.4 Å². The van der Waals surface area contributed by atoms with Gasteiger partial charge in [0.25, 0.3) is 5.56 Å². The molecule has 1 aromatic heterocycles. The SMILES string of the molecule is CCCc1c(C)nc(-c2cc(C(F)(F)F)cc(C(F)(F)F)c2)[nH]c1=O. The summed E-state index contributed by atoms with van der Waals surface area (Å²) < 4.78 is 77.5. The van der Waals surface area contributed by atoms with Crippen molar-refractivity contribution in [2.24, 2.45) is 0 Å². The molecule has 2 aromatic rings. The largest absolute Gasteiger partial charge is 0.416 e. The van der Waals surface area contributed by atoms with E-state index in [-0.39, 0.29) is 17.6 Å². The van der Waals surface area contributed by atoms with Gasteiger partial charge in [-0.3, -0.25) is 4.79 Å². The van der Waals surface area contributed by atoms with Gasteiger partial charge in [0.1, 0.15) is 5.82 Å². The van der Waals surface area contributed by atoms with Crippen molar-refractivity contribution in [2.45, 2.75) is 39.0 Å². The number of aromatic nitrogens is 2. The van der Waals surface area contributed by atoms with E-state index in [2.05, 4.69) is 9.97 Å². The van der Waals surface area contributed by atoms with E-state index in [1.54, 1.807) is 0 Å². The maximum absolute atomic E-state index is 12.9. The van der Waals surface area contributed by atoms with Gasteiger partial charge in [0, 0.05) is 16.8 Å². The van der Waals surface area contributed by atoms with E-state index in [4.69, 9.17) is 0 Å². The molecule has 1 heterocycles. The van der Waals surface area contributed by atoms with Gasteiger partial charge in [0.05, 0.1) is 11.1 Å². The fourth-order valence-electron chi connectivity index (χ4n) is 2.38. The molecule has 0 aliphatic rings. The van der Waals surface area contributed by atoms with Crippen LogP contribution in [-0.2, 0) is 18.8 Å². The molecule has 0 aliphatic carbocycles. The number of aryl methyl sites for hydroxylation is 1. The van der Waals surface area contributed by atoms with Crippen molar-refractivity contribution >= 4 is 0 Å². The summed E-state index contributed by atoms with van der Waals surface area (Å²) in [6, 6.07) is 1.10. The molecule has 0 saturated heterocycles. The van der Waals surface area contributed by atoms with E-state index in [0.717, 1.165) is 0 Å². The first-order valence-corrected chi connectivity index (χ1v) is 7.33. The summed E-state index contributed by atoms with van der Waals surface area (Å²) >= 11 is 0. The number of hydrogen-bond acceptors (Lipinski definition) is 2. The van der Waals surface area contributed by atoms with E-state index >= 15 is 0 Å². The molecule has 3 nitrogen and oxygen atoms in total. The van der Waals surface area contributed by atoms with Crippen LogP contribution in [0.3, 0.4) is 0 Å². The number of alkyl halides is 6. The summed E-state index contributed by atoms with van der Waals surface area (Å²) in [6.45, 7) is 3.32. The molecule has 1 aromatic carbocycles. The molecule has 2 rings (SSSR count). The minimum Gasteiger partial charge on any atom is -0.306 e. The highest BCUT2D eigenvalue weighted by Crippen LogP contribution is 2.38. The lowest BCUT2D eigenvalue weighted by atomic mass is 10.0. The second kappa shape index (κ2) is 6.53. The second-order valence-electron chi connectivity index (χ2n) is 5.52. The number of rotatable bonds is 3. The molecule has 0 spiro atoms. The summed E-state index contributed by atoms with van der Waals surface area (Å²) in [5.41, 5.74) is -3.33. The average Bonchev–Trinajstić information content (AvgIpc) is 2.48. The van der Waals surface area contributed by atoms with Crippen LogP contribution in [0.4, 0.5) is 26.3 Å². The van der Waals surface area contributed by atoms with Gasteiger partial charge in [0.15, 0.2) is 0 Å². The number of aromatic amines is 1. The van der Waals surface area contributed by atoms with Crippen LogP contribution in [0.15, 0.2) is 23.0 Å². The molecule has 25 heavy (non-hydrogen) atoms. The number of nitrogens with one attached hydrogen (secondary N) is 1. The van der Waals surface area contributed by atoms with E-state index in [0.29, 0.717) is 30.5 Å². The normalized spacial score (nSPS) is 12.5. The zero-order valence-corrected chi connectivity index (χ0v) is 13.3. The number of hydrogen-bond donors (Lipinski definition) is 1. The fraction of sp³-hybridized carbons (Fsp3) is 0.375. The lowest BCUT2D eigenvalue weighted by Crippen LogP contribution is -2.18. The monoisotopic (exact) mass is 364 g/mol. The summed E-state index contributed by atoms with van der Waals surface area (Å²) in [7, 11) is 0. The van der Waals surface area contributed by atoms with Crippen molar-refractivity contribution in [3.8, 4) is 11.4 Å². The second-order valence-corrected chi connectivity index (χ2v) is 5.52. The number of halogens is 6. The standard InChI is InChI=1S/C16H14F6N2O/c1-3-4-12-8(2)23-13(24-14(12)25)9-5-10(15(17,18)19)7-11(6-9)16(20,21)22/h5-7H,3-4H2,1-2H3,(H,23,24,25). The summed E-state index contributed by atoms with van der Waals surface area (Å²) in [4.78, 5) is 18.3. The number of H-pyrrole nitrogens is 1. The number of benzene rings is 1. The first-order valence-electron chi connectivity index (χ1n) is 7.33. The van der Waals surface area contributed by atoms with Crippen LogP contribution in [0.25, 0.3) is 11.4 Å². The van der Waals surface area contributed by atoms with Crippen LogP contribution >= 0.6 is 0 Å². The predicted molar refractivity (Wildman–Crippen MR) is 79.0 cm³/mol. The highest BCUT2D eigenvalue weighted by Gasteiger charge is 2.37. The molecule has 0 radical (unpaired) electrons. The lowest BCUT2D eigenvalue weighted by Gasteiger charge is -2.14. The minimum absolute atomic E-state index is 0.0277. The Kier molecular flexibility index (Phi) is 4.97. The molecule has 0 bridgehead atoms. The Morgan fingerprint density at radius 2 is 1.52 bits per heavy atom. The Hall–Kier alpha value is -2.32. The lowest BCUT2D eigenvalue weighted by molar-refractivity contribution is -0.143. The third kappa shape index (κ3) is 4.21. The van der Waals surface area contributed by atoms with Gasteiger partial charge in [-0.25, -0.2) is 4.98 Å². The van der Waals surface area contributed by atoms with Crippen LogP contribution in [-0.4, -0.2) is 9.97 Å². The van der Waals surface area contributed by atoms with Crippen LogP contribution in [0, 0.1) is 6.92 Å². The van der Waals surface area contributed by atoms with Crippen molar-refractivity contribution in [1.29, 1.82) is 0 Å². The Bertz CT molecular complexity index is 804. The van der Waals surface area contributed by atoms with Gasteiger partial charge in [-0.15, -0.1) is 0 Å². The minimum atomic E-state index is -4.96. The van der Waals surface area contributed by atoms with Gasteiger partial charge in [-0.1, -0.05) is 13.3 Å². The van der Waals surface area contributed by atoms with Gasteiger partial charge in [-0.05, 0) is 31.5 Å². The predicted octanol–water partition coefficient (Wildman–Crippen LogP) is 4.74.